The molecule has 0 aliphatic heterocycles. The van der Waals surface area contributed by atoms with Crippen molar-refractivity contribution in [3.63, 3.8) is 0 Å². The van der Waals surface area contributed by atoms with Crippen LogP contribution < -0.4 is 11.1 Å². The Kier molecular flexibility index (Phi) is 3.52. The number of nitrogens with two attached hydrogens (primary N) is 1. The first kappa shape index (κ1) is 13.1. The van der Waals surface area contributed by atoms with Crippen molar-refractivity contribution in [3.8, 4) is 0 Å². The molecular weight excluding hydrogens is 264 g/mol. The summed E-state index contributed by atoms with van der Waals surface area (Å²) in [6.07, 6.45) is 0. The predicted molar refractivity (Wildman–Crippen MR) is 74.8 cm³/mol. The Hall–Kier alpha value is -2.34. The molecule has 0 saturated heterocycles. The van der Waals surface area contributed by atoms with E-state index in [0.29, 0.717) is 10.6 Å². The minimum absolute atomic E-state index is 0.0100. The molecule has 0 aliphatic rings. The zero-order valence-electron chi connectivity index (χ0n) is 10.1. The van der Waals surface area contributed by atoms with Crippen LogP contribution in [0.2, 0.25) is 0 Å². The average molecular weight is 276 g/mol. The molecule has 6 heteroatoms. The average Bonchev–Trinajstić information content (AvgIpc) is 2.75. The summed E-state index contributed by atoms with van der Waals surface area (Å²) >= 11 is 1.34. The molecule has 2 rings (SSSR count). The highest BCUT2D eigenvalue weighted by molar-refractivity contribution is 7.14. The number of carboxylic acids is 1. The molecule has 0 saturated carbocycles. The number of anilines is 2. The summed E-state index contributed by atoms with van der Waals surface area (Å²) in [6, 6.07) is 7.81. The number of carboxylic acid groups (broad SMARTS) is 1. The molecule has 0 radical (unpaired) electrons. The van der Waals surface area contributed by atoms with Crippen molar-refractivity contribution in [2.75, 3.05) is 11.1 Å². The molecule has 19 heavy (non-hydrogen) atoms. The van der Waals surface area contributed by atoms with Crippen LogP contribution in [0.4, 0.5) is 11.4 Å². The number of carbonyl (C=O) groups is 2. The summed E-state index contributed by atoms with van der Waals surface area (Å²) in [4.78, 5) is 24.6. The summed E-state index contributed by atoms with van der Waals surface area (Å²) in [6.45, 7) is 1.89. The van der Waals surface area contributed by atoms with E-state index in [1.165, 1.54) is 29.5 Å². The van der Waals surface area contributed by atoms with Gasteiger partial charge in [-0.1, -0.05) is 0 Å². The lowest BCUT2D eigenvalue weighted by Gasteiger charge is -2.08. The Labute approximate surface area is 113 Å². The van der Waals surface area contributed by atoms with E-state index < -0.39 is 5.97 Å². The van der Waals surface area contributed by atoms with Gasteiger partial charge in [-0.2, -0.15) is 0 Å². The first-order chi connectivity index (χ1) is 8.97. The van der Waals surface area contributed by atoms with Crippen LogP contribution in [0.5, 0.6) is 0 Å². The fourth-order valence-electron chi connectivity index (χ4n) is 1.59. The second-order valence-electron chi connectivity index (χ2n) is 3.97. The minimum Gasteiger partial charge on any atom is -0.478 e. The standard InChI is InChI=1S/C13H12N2O3S/c1-7-2-5-11(19-7)12(16)15-10-6-8(14)3-4-9(10)13(17)18/h2-6H,14H2,1H3,(H,15,16)(H,17,18). The molecule has 1 amide bonds. The van der Waals surface area contributed by atoms with Gasteiger partial charge >= 0.3 is 5.97 Å². The number of nitrogen functional groups attached to an aromatic ring is 1. The molecule has 0 atom stereocenters. The number of amides is 1. The van der Waals surface area contributed by atoms with Gasteiger partial charge in [-0.05, 0) is 37.3 Å². The van der Waals surface area contributed by atoms with Crippen LogP contribution in [0.15, 0.2) is 30.3 Å². The molecule has 1 aromatic carbocycles. The molecule has 0 aliphatic carbocycles. The molecule has 98 valence electrons. The second-order valence-corrected chi connectivity index (χ2v) is 5.26. The summed E-state index contributed by atoms with van der Waals surface area (Å²) in [7, 11) is 0. The van der Waals surface area contributed by atoms with Gasteiger partial charge in [-0.15, -0.1) is 11.3 Å². The lowest BCUT2D eigenvalue weighted by atomic mass is 10.1. The van der Waals surface area contributed by atoms with Crippen molar-refractivity contribution < 1.29 is 14.7 Å². The number of nitrogens with one attached hydrogen (secondary N) is 1. The van der Waals surface area contributed by atoms with Crippen LogP contribution in [0.3, 0.4) is 0 Å². The Bertz CT molecular complexity index is 649. The minimum atomic E-state index is -1.11. The fraction of sp³-hybridized carbons (Fsp3) is 0.0769. The molecule has 0 unspecified atom stereocenters. The number of carbonyl (C=O) groups excluding carboxylic acids is 1. The number of benzene rings is 1. The third-order valence-electron chi connectivity index (χ3n) is 2.49. The van der Waals surface area contributed by atoms with Crippen molar-refractivity contribution in [2.45, 2.75) is 6.92 Å². The molecule has 1 heterocycles. The summed E-state index contributed by atoms with van der Waals surface area (Å²) < 4.78 is 0. The first-order valence-corrected chi connectivity index (χ1v) is 6.29. The van der Waals surface area contributed by atoms with Crippen molar-refractivity contribution in [1.82, 2.24) is 0 Å². The summed E-state index contributed by atoms with van der Waals surface area (Å²) in [5.41, 5.74) is 6.20. The Morgan fingerprint density at radius 1 is 1.26 bits per heavy atom. The third-order valence-corrected chi connectivity index (χ3v) is 3.49. The van der Waals surface area contributed by atoms with E-state index in [9.17, 15) is 9.59 Å². The number of rotatable bonds is 3. The van der Waals surface area contributed by atoms with Gasteiger partial charge in [0.25, 0.3) is 5.91 Å². The predicted octanol–water partition coefficient (Wildman–Crippen LogP) is 2.59. The molecule has 2 aromatic rings. The highest BCUT2D eigenvalue weighted by Crippen LogP contribution is 2.22. The van der Waals surface area contributed by atoms with Crippen LogP contribution in [0, 0.1) is 6.92 Å². The number of hydrogen-bond donors (Lipinski definition) is 3. The number of thiophene rings is 1. The van der Waals surface area contributed by atoms with Gasteiger partial charge in [0.2, 0.25) is 0 Å². The first-order valence-electron chi connectivity index (χ1n) is 5.48. The number of aromatic carboxylic acids is 1. The monoisotopic (exact) mass is 276 g/mol. The largest absolute Gasteiger partial charge is 0.478 e. The van der Waals surface area contributed by atoms with Gasteiger partial charge in [0.15, 0.2) is 0 Å². The second kappa shape index (κ2) is 5.11. The highest BCUT2D eigenvalue weighted by Gasteiger charge is 2.14. The molecule has 0 spiro atoms. The maximum absolute atomic E-state index is 12.0. The SMILES string of the molecule is Cc1ccc(C(=O)Nc2cc(N)ccc2C(=O)O)s1. The van der Waals surface area contributed by atoms with E-state index in [-0.39, 0.29) is 17.2 Å². The lowest BCUT2D eigenvalue weighted by molar-refractivity contribution is 0.0698. The van der Waals surface area contributed by atoms with Crippen molar-refractivity contribution >= 4 is 34.6 Å². The van der Waals surface area contributed by atoms with Crippen LogP contribution in [0.1, 0.15) is 24.9 Å². The fourth-order valence-corrected chi connectivity index (χ4v) is 2.36. The molecule has 5 nitrogen and oxygen atoms in total. The van der Waals surface area contributed by atoms with E-state index in [1.807, 2.05) is 13.0 Å². The number of hydrogen-bond acceptors (Lipinski definition) is 4. The summed E-state index contributed by atoms with van der Waals surface area (Å²) in [5, 5.41) is 11.6. The van der Waals surface area contributed by atoms with Crippen molar-refractivity contribution in [3.05, 3.63) is 45.6 Å². The van der Waals surface area contributed by atoms with E-state index in [2.05, 4.69) is 5.32 Å². The molecular formula is C13H12N2O3S. The van der Waals surface area contributed by atoms with Gasteiger partial charge in [0, 0.05) is 10.6 Å². The highest BCUT2D eigenvalue weighted by atomic mass is 32.1. The van der Waals surface area contributed by atoms with Crippen LogP contribution >= 0.6 is 11.3 Å². The Balaban J connectivity index is 2.30. The zero-order valence-corrected chi connectivity index (χ0v) is 11.0. The molecule has 1 aromatic heterocycles. The van der Waals surface area contributed by atoms with E-state index in [4.69, 9.17) is 10.8 Å². The van der Waals surface area contributed by atoms with Gasteiger partial charge < -0.3 is 16.2 Å². The third kappa shape index (κ3) is 2.92. The number of aryl methyl sites for hydroxylation is 1. The Morgan fingerprint density at radius 3 is 2.58 bits per heavy atom. The zero-order chi connectivity index (χ0) is 14.0. The van der Waals surface area contributed by atoms with Gasteiger partial charge in [-0.3, -0.25) is 4.79 Å². The van der Waals surface area contributed by atoms with E-state index in [1.54, 1.807) is 6.07 Å². The van der Waals surface area contributed by atoms with Crippen molar-refractivity contribution in [1.29, 1.82) is 0 Å². The maximum Gasteiger partial charge on any atom is 0.337 e. The van der Waals surface area contributed by atoms with Crippen LogP contribution in [0.25, 0.3) is 0 Å². The van der Waals surface area contributed by atoms with E-state index in [0.717, 1.165) is 4.88 Å². The van der Waals surface area contributed by atoms with Crippen molar-refractivity contribution in [2.24, 2.45) is 0 Å². The maximum atomic E-state index is 12.0. The smallest absolute Gasteiger partial charge is 0.337 e. The molecule has 0 bridgehead atoms. The summed E-state index contributed by atoms with van der Waals surface area (Å²) in [5.74, 6) is -1.45. The van der Waals surface area contributed by atoms with Gasteiger partial charge in [0.1, 0.15) is 0 Å². The molecule has 4 N–H and O–H groups in total. The van der Waals surface area contributed by atoms with Crippen LogP contribution in [-0.2, 0) is 0 Å². The normalized spacial score (nSPS) is 10.2. The topological polar surface area (TPSA) is 92.4 Å². The van der Waals surface area contributed by atoms with E-state index >= 15 is 0 Å². The van der Waals surface area contributed by atoms with Crippen LogP contribution in [-0.4, -0.2) is 17.0 Å². The lowest BCUT2D eigenvalue weighted by Crippen LogP contribution is -2.14. The van der Waals surface area contributed by atoms with Gasteiger partial charge in [0.05, 0.1) is 16.1 Å². The van der Waals surface area contributed by atoms with Gasteiger partial charge in [-0.25, -0.2) is 4.79 Å². The molecule has 0 fully saturated rings. The quantitative estimate of drug-likeness (QED) is 0.751. The Morgan fingerprint density at radius 2 is 2.00 bits per heavy atom.